The summed E-state index contributed by atoms with van der Waals surface area (Å²) in [6.45, 7) is 0. The number of nitrogen functional groups attached to an aromatic ring is 1. The highest BCUT2D eigenvalue weighted by atomic mass is 32.2. The highest BCUT2D eigenvalue weighted by molar-refractivity contribution is 7.84. The van der Waals surface area contributed by atoms with Gasteiger partial charge in [0.25, 0.3) is 0 Å². The number of halogens is 2. The molecule has 0 bridgehead atoms. The van der Waals surface area contributed by atoms with Gasteiger partial charge in [-0.2, -0.15) is 0 Å². The standard InChI is InChI=1S/C14H12F2N2O2S/c15-10-2-4-12(17)13(6-10)21(20)7-9-5-8(14(18)19)1-3-11(9)16/h1-6H,7,17H2,(H2,18,19). The average Bonchev–Trinajstić information content (AvgIpc) is 2.43. The van der Waals surface area contributed by atoms with Gasteiger partial charge in [-0.05, 0) is 36.4 Å². The molecule has 1 amide bonds. The van der Waals surface area contributed by atoms with Crippen molar-refractivity contribution < 1.29 is 17.8 Å². The van der Waals surface area contributed by atoms with Crippen LogP contribution in [0.15, 0.2) is 41.3 Å². The smallest absolute Gasteiger partial charge is 0.248 e. The minimum Gasteiger partial charge on any atom is -0.398 e. The van der Waals surface area contributed by atoms with Crippen LogP contribution in [0.25, 0.3) is 0 Å². The summed E-state index contributed by atoms with van der Waals surface area (Å²) < 4.78 is 39.1. The van der Waals surface area contributed by atoms with Gasteiger partial charge in [0.15, 0.2) is 0 Å². The molecule has 21 heavy (non-hydrogen) atoms. The Hall–Kier alpha value is -2.28. The molecule has 4 N–H and O–H groups in total. The number of hydrogen-bond donors (Lipinski definition) is 2. The molecule has 0 fully saturated rings. The van der Waals surface area contributed by atoms with Crippen molar-refractivity contribution in [2.75, 3.05) is 5.73 Å². The van der Waals surface area contributed by atoms with E-state index < -0.39 is 28.3 Å². The van der Waals surface area contributed by atoms with Gasteiger partial charge < -0.3 is 11.5 Å². The molecule has 1 atom stereocenters. The Bertz CT molecular complexity index is 735. The lowest BCUT2D eigenvalue weighted by Crippen LogP contribution is -2.12. The summed E-state index contributed by atoms with van der Waals surface area (Å²) in [5.41, 5.74) is 11.1. The number of carbonyl (C=O) groups is 1. The summed E-state index contributed by atoms with van der Waals surface area (Å²) in [6, 6.07) is 7.01. The van der Waals surface area contributed by atoms with E-state index in [1.807, 2.05) is 0 Å². The van der Waals surface area contributed by atoms with Crippen molar-refractivity contribution in [2.24, 2.45) is 5.73 Å². The van der Waals surface area contributed by atoms with Crippen molar-refractivity contribution in [3.05, 3.63) is 59.2 Å². The molecule has 1 unspecified atom stereocenters. The number of primary amides is 1. The molecule has 2 aromatic rings. The summed E-state index contributed by atoms with van der Waals surface area (Å²) in [5.74, 6) is -2.16. The van der Waals surface area contributed by atoms with Gasteiger partial charge in [-0.1, -0.05) is 0 Å². The number of rotatable bonds is 4. The van der Waals surface area contributed by atoms with E-state index in [2.05, 4.69) is 0 Å². The van der Waals surface area contributed by atoms with Gasteiger partial charge in [-0.3, -0.25) is 9.00 Å². The third-order valence-electron chi connectivity index (χ3n) is 2.84. The van der Waals surface area contributed by atoms with Crippen molar-refractivity contribution in [2.45, 2.75) is 10.6 Å². The zero-order valence-electron chi connectivity index (χ0n) is 10.8. The minimum atomic E-state index is -1.75. The lowest BCUT2D eigenvalue weighted by molar-refractivity contribution is 0.1000. The van der Waals surface area contributed by atoms with Crippen LogP contribution in [0.2, 0.25) is 0 Å². The molecule has 2 aromatic carbocycles. The fraction of sp³-hybridized carbons (Fsp3) is 0.0714. The van der Waals surface area contributed by atoms with Gasteiger partial charge in [-0.15, -0.1) is 0 Å². The van der Waals surface area contributed by atoms with E-state index in [0.29, 0.717) is 0 Å². The van der Waals surface area contributed by atoms with Crippen LogP contribution in [-0.2, 0) is 16.6 Å². The number of hydrogen-bond acceptors (Lipinski definition) is 3. The van der Waals surface area contributed by atoms with E-state index >= 15 is 0 Å². The fourth-order valence-electron chi connectivity index (χ4n) is 1.76. The SMILES string of the molecule is NC(=O)c1ccc(F)c(CS(=O)c2cc(F)ccc2N)c1. The molecule has 7 heteroatoms. The van der Waals surface area contributed by atoms with Gasteiger partial charge in [-0.25, -0.2) is 8.78 Å². The molecule has 0 aliphatic rings. The number of carbonyl (C=O) groups excluding carboxylic acids is 1. The van der Waals surface area contributed by atoms with Crippen LogP contribution >= 0.6 is 0 Å². The predicted octanol–water partition coefficient (Wildman–Crippen LogP) is 1.95. The summed E-state index contributed by atoms with van der Waals surface area (Å²) in [6.07, 6.45) is 0. The van der Waals surface area contributed by atoms with Crippen LogP contribution < -0.4 is 11.5 Å². The summed E-state index contributed by atoms with van der Waals surface area (Å²) in [4.78, 5) is 11.2. The Morgan fingerprint density at radius 1 is 1.14 bits per heavy atom. The van der Waals surface area contributed by atoms with Crippen LogP contribution in [0, 0.1) is 11.6 Å². The normalized spacial score (nSPS) is 12.1. The van der Waals surface area contributed by atoms with E-state index in [1.54, 1.807) is 0 Å². The molecule has 2 rings (SSSR count). The molecule has 0 saturated heterocycles. The molecule has 110 valence electrons. The van der Waals surface area contributed by atoms with Crippen molar-refractivity contribution in [3.8, 4) is 0 Å². The quantitative estimate of drug-likeness (QED) is 0.846. The first kappa shape index (κ1) is 15.1. The van der Waals surface area contributed by atoms with Gasteiger partial charge in [0, 0.05) is 16.8 Å². The maximum atomic E-state index is 13.7. The predicted molar refractivity (Wildman–Crippen MR) is 75.8 cm³/mol. The molecule has 0 radical (unpaired) electrons. The number of amides is 1. The van der Waals surface area contributed by atoms with Crippen molar-refractivity contribution in [1.29, 1.82) is 0 Å². The van der Waals surface area contributed by atoms with Crippen LogP contribution in [0.4, 0.5) is 14.5 Å². The van der Waals surface area contributed by atoms with E-state index in [0.717, 1.165) is 18.2 Å². The average molecular weight is 310 g/mol. The number of benzene rings is 2. The zero-order valence-corrected chi connectivity index (χ0v) is 11.6. The van der Waals surface area contributed by atoms with Crippen LogP contribution in [0.3, 0.4) is 0 Å². The zero-order chi connectivity index (χ0) is 15.6. The van der Waals surface area contributed by atoms with Gasteiger partial charge in [0.1, 0.15) is 11.6 Å². The Morgan fingerprint density at radius 3 is 2.52 bits per heavy atom. The Kier molecular flexibility index (Phi) is 4.32. The largest absolute Gasteiger partial charge is 0.398 e. The minimum absolute atomic E-state index is 0.0493. The molecular formula is C14H12F2N2O2S. The van der Waals surface area contributed by atoms with Crippen molar-refractivity contribution >= 4 is 22.4 Å². The van der Waals surface area contributed by atoms with E-state index in [4.69, 9.17) is 11.5 Å². The second-order valence-corrected chi connectivity index (χ2v) is 5.76. The first-order valence-electron chi connectivity index (χ1n) is 5.90. The first-order chi connectivity index (χ1) is 9.88. The molecule has 4 nitrogen and oxygen atoms in total. The van der Waals surface area contributed by atoms with Gasteiger partial charge in [0.2, 0.25) is 5.91 Å². The topological polar surface area (TPSA) is 86.2 Å². The lowest BCUT2D eigenvalue weighted by Gasteiger charge is -2.08. The van der Waals surface area contributed by atoms with Crippen molar-refractivity contribution in [1.82, 2.24) is 0 Å². The van der Waals surface area contributed by atoms with Gasteiger partial charge in [0.05, 0.1) is 21.4 Å². The maximum Gasteiger partial charge on any atom is 0.248 e. The van der Waals surface area contributed by atoms with Gasteiger partial charge >= 0.3 is 0 Å². The summed E-state index contributed by atoms with van der Waals surface area (Å²) in [5, 5.41) is 0. The number of anilines is 1. The Balaban J connectivity index is 2.33. The van der Waals surface area contributed by atoms with E-state index in [1.165, 1.54) is 18.2 Å². The molecule has 0 spiro atoms. The number of nitrogens with two attached hydrogens (primary N) is 2. The van der Waals surface area contributed by atoms with Crippen molar-refractivity contribution in [3.63, 3.8) is 0 Å². The van der Waals surface area contributed by atoms with Crippen LogP contribution in [0.5, 0.6) is 0 Å². The fourth-order valence-corrected chi connectivity index (χ4v) is 3.00. The second-order valence-electron chi connectivity index (χ2n) is 4.34. The monoisotopic (exact) mass is 310 g/mol. The Labute approximate surface area is 122 Å². The van der Waals surface area contributed by atoms with Crippen LogP contribution in [0.1, 0.15) is 15.9 Å². The molecular weight excluding hydrogens is 298 g/mol. The third-order valence-corrected chi connectivity index (χ3v) is 4.26. The molecule has 0 aromatic heterocycles. The summed E-state index contributed by atoms with van der Waals surface area (Å²) in [7, 11) is -1.75. The van der Waals surface area contributed by atoms with E-state index in [-0.39, 0.29) is 27.5 Å². The van der Waals surface area contributed by atoms with E-state index in [9.17, 15) is 17.8 Å². The Morgan fingerprint density at radius 2 is 1.86 bits per heavy atom. The molecule has 0 saturated carbocycles. The first-order valence-corrected chi connectivity index (χ1v) is 7.22. The lowest BCUT2D eigenvalue weighted by atomic mass is 10.1. The summed E-state index contributed by atoms with van der Waals surface area (Å²) >= 11 is 0. The molecule has 0 heterocycles. The maximum absolute atomic E-state index is 13.7. The van der Waals surface area contributed by atoms with Crippen LogP contribution in [-0.4, -0.2) is 10.1 Å². The highest BCUT2D eigenvalue weighted by Gasteiger charge is 2.14. The highest BCUT2D eigenvalue weighted by Crippen LogP contribution is 2.22. The molecule has 0 aliphatic carbocycles. The third kappa shape index (κ3) is 3.43. The second kappa shape index (κ2) is 6.01. The molecule has 0 aliphatic heterocycles.